The first-order chi connectivity index (χ1) is 16.8. The summed E-state index contributed by atoms with van der Waals surface area (Å²) in [5.74, 6) is -4.82. The Morgan fingerprint density at radius 1 is 1.23 bits per heavy atom. The molecule has 0 saturated heterocycles. The van der Waals surface area contributed by atoms with Gasteiger partial charge < -0.3 is 15.8 Å². The minimum atomic E-state index is -1.50. The van der Waals surface area contributed by atoms with Gasteiger partial charge in [0.15, 0.2) is 17.5 Å². The van der Waals surface area contributed by atoms with Gasteiger partial charge in [-0.2, -0.15) is 0 Å². The molecule has 3 aromatic rings. The van der Waals surface area contributed by atoms with Gasteiger partial charge in [0.05, 0.1) is 7.11 Å². The Labute approximate surface area is 203 Å². The second-order valence-corrected chi connectivity index (χ2v) is 8.55. The molecular weight excluding hydrogens is 483 g/mol. The molecule has 0 bridgehead atoms. The quantitative estimate of drug-likeness (QED) is 0.461. The highest BCUT2D eigenvalue weighted by Crippen LogP contribution is 2.43. The highest BCUT2D eigenvalue weighted by atomic mass is 35.5. The van der Waals surface area contributed by atoms with Crippen molar-refractivity contribution in [2.45, 2.75) is 24.5 Å². The number of aliphatic imine (C=N–C) groups is 1. The minimum absolute atomic E-state index is 0.0922. The molecule has 2 aliphatic rings. The van der Waals surface area contributed by atoms with Gasteiger partial charge in [0.2, 0.25) is 11.1 Å². The average molecular weight is 504 g/mol. The summed E-state index contributed by atoms with van der Waals surface area (Å²) in [4.78, 5) is 8.63. The van der Waals surface area contributed by atoms with Crippen LogP contribution in [0.1, 0.15) is 29.9 Å². The first kappa shape index (κ1) is 23.2. The molecule has 5 rings (SSSR count). The number of benzene rings is 2. The number of nitrogens with zero attached hydrogens (tertiary/aromatic N) is 4. The van der Waals surface area contributed by atoms with Crippen LogP contribution in [0.2, 0.25) is 5.28 Å². The van der Waals surface area contributed by atoms with Crippen molar-refractivity contribution in [1.82, 2.24) is 25.4 Å². The molecule has 8 nitrogen and oxygen atoms in total. The summed E-state index contributed by atoms with van der Waals surface area (Å²) < 4.78 is 48.6. The number of hydrogen-bond acceptors (Lipinski definition) is 7. The number of halogens is 4. The van der Waals surface area contributed by atoms with Crippen LogP contribution in [0, 0.1) is 17.5 Å². The molecule has 0 radical (unpaired) electrons. The van der Waals surface area contributed by atoms with Gasteiger partial charge in [-0.15, -0.1) is 5.10 Å². The average Bonchev–Trinajstić information content (AvgIpc) is 3.48. The molecule has 182 valence electrons. The Kier molecular flexibility index (Phi) is 5.68. The van der Waals surface area contributed by atoms with E-state index in [1.165, 1.54) is 18.1 Å². The van der Waals surface area contributed by atoms with Crippen molar-refractivity contribution in [3.8, 4) is 11.4 Å². The van der Waals surface area contributed by atoms with Crippen molar-refractivity contribution < 1.29 is 17.9 Å². The summed E-state index contributed by atoms with van der Waals surface area (Å²) in [6.07, 6.45) is 2.55. The van der Waals surface area contributed by atoms with Crippen LogP contribution in [0.25, 0.3) is 5.69 Å². The lowest BCUT2D eigenvalue weighted by Gasteiger charge is -2.38. The van der Waals surface area contributed by atoms with Gasteiger partial charge in [-0.1, -0.05) is 6.07 Å². The van der Waals surface area contributed by atoms with Crippen LogP contribution in [0.3, 0.4) is 0 Å². The SMILES string of the molecule is CNC1(c2ccc(-n3cnc(Cl)n3)c(OC)c2)N=C(N)C2=C(N1)C(c1cc(F)c(F)c(F)c1)CC2. The van der Waals surface area contributed by atoms with Gasteiger partial charge in [0.25, 0.3) is 0 Å². The number of ether oxygens (including phenoxy) is 1. The van der Waals surface area contributed by atoms with Gasteiger partial charge >= 0.3 is 0 Å². The van der Waals surface area contributed by atoms with E-state index in [0.717, 1.165) is 17.7 Å². The maximum Gasteiger partial charge on any atom is 0.242 e. The third-order valence-corrected chi connectivity index (χ3v) is 6.52. The Hall–Kier alpha value is -3.57. The van der Waals surface area contributed by atoms with Crippen molar-refractivity contribution in [3.63, 3.8) is 0 Å². The third-order valence-electron chi connectivity index (χ3n) is 6.35. The summed E-state index contributed by atoms with van der Waals surface area (Å²) in [5.41, 5.74) is 9.36. The highest BCUT2D eigenvalue weighted by molar-refractivity contribution is 6.28. The van der Waals surface area contributed by atoms with Crippen LogP contribution >= 0.6 is 11.6 Å². The van der Waals surface area contributed by atoms with Crippen LogP contribution in [-0.4, -0.2) is 34.8 Å². The lowest BCUT2D eigenvalue weighted by Crippen LogP contribution is -2.54. The third kappa shape index (κ3) is 3.80. The molecule has 0 spiro atoms. The van der Waals surface area contributed by atoms with E-state index in [-0.39, 0.29) is 5.28 Å². The molecule has 2 unspecified atom stereocenters. The van der Waals surface area contributed by atoms with Crippen molar-refractivity contribution in [3.05, 3.63) is 81.8 Å². The highest BCUT2D eigenvalue weighted by Gasteiger charge is 2.41. The van der Waals surface area contributed by atoms with Crippen LogP contribution < -0.4 is 21.1 Å². The molecule has 35 heavy (non-hydrogen) atoms. The van der Waals surface area contributed by atoms with Gasteiger partial charge in [0.1, 0.15) is 23.6 Å². The summed E-state index contributed by atoms with van der Waals surface area (Å²) in [6.45, 7) is 0. The van der Waals surface area contributed by atoms with Crippen LogP contribution in [0.4, 0.5) is 13.2 Å². The number of nitrogens with two attached hydrogens (primary N) is 1. The number of hydrogen-bond donors (Lipinski definition) is 3. The maximum absolute atomic E-state index is 14.0. The Bertz CT molecular complexity index is 1370. The lowest BCUT2D eigenvalue weighted by molar-refractivity contribution is 0.309. The van der Waals surface area contributed by atoms with Crippen LogP contribution in [-0.2, 0) is 5.79 Å². The molecule has 2 aromatic carbocycles. The molecule has 2 heterocycles. The molecular formula is C23H21ClF3N7O. The second-order valence-electron chi connectivity index (χ2n) is 8.21. The zero-order valence-electron chi connectivity index (χ0n) is 18.7. The predicted octanol–water partition coefficient (Wildman–Crippen LogP) is 3.47. The molecule has 0 fully saturated rings. The normalized spacial score (nSPS) is 21.5. The fraction of sp³-hybridized carbons (Fsp3) is 0.261. The number of aromatic nitrogens is 3. The molecule has 12 heteroatoms. The number of nitrogens with one attached hydrogen (secondary N) is 2. The van der Waals surface area contributed by atoms with E-state index in [2.05, 4.69) is 20.7 Å². The smallest absolute Gasteiger partial charge is 0.242 e. The topological polar surface area (TPSA) is 102 Å². The Morgan fingerprint density at radius 3 is 2.60 bits per heavy atom. The Balaban J connectivity index is 1.56. The minimum Gasteiger partial charge on any atom is -0.494 e. The number of allylic oxidation sites excluding steroid dienone is 1. The lowest BCUT2D eigenvalue weighted by atomic mass is 9.94. The number of rotatable bonds is 5. The zero-order chi connectivity index (χ0) is 24.9. The largest absolute Gasteiger partial charge is 0.494 e. The van der Waals surface area contributed by atoms with Gasteiger partial charge in [-0.05, 0) is 61.3 Å². The van der Waals surface area contributed by atoms with Gasteiger partial charge in [0, 0.05) is 22.8 Å². The Morgan fingerprint density at radius 2 is 1.97 bits per heavy atom. The van der Waals surface area contributed by atoms with Crippen molar-refractivity contribution in [1.29, 1.82) is 0 Å². The monoisotopic (exact) mass is 503 g/mol. The van der Waals surface area contributed by atoms with E-state index in [9.17, 15) is 13.2 Å². The second kappa shape index (κ2) is 8.58. The van der Waals surface area contributed by atoms with Crippen molar-refractivity contribution >= 4 is 17.4 Å². The maximum atomic E-state index is 14.0. The number of methoxy groups -OCH3 is 1. The summed E-state index contributed by atoms with van der Waals surface area (Å²) >= 11 is 5.86. The standard InChI is InChI=1S/C23H21ClF3N7O/c1-29-23(12-3-6-17(18(9-12)35-2)34-10-30-22(24)33-34)31-20-13(4-5-14(20)21(28)32-23)11-7-15(25)19(27)16(26)8-11/h3,6-10,13,29,31H,4-5H2,1-2H3,(H2,28,32). The zero-order valence-corrected chi connectivity index (χ0v) is 19.5. The first-order valence-electron chi connectivity index (χ1n) is 10.7. The van der Waals surface area contributed by atoms with Gasteiger partial charge in [-0.3, -0.25) is 5.32 Å². The molecule has 1 aliphatic carbocycles. The molecule has 2 atom stereocenters. The van der Waals surface area contributed by atoms with Gasteiger partial charge in [-0.25, -0.2) is 27.8 Å². The van der Waals surface area contributed by atoms with E-state index in [4.69, 9.17) is 27.1 Å². The molecule has 1 aliphatic heterocycles. The van der Waals surface area contributed by atoms with E-state index >= 15 is 0 Å². The fourth-order valence-corrected chi connectivity index (χ4v) is 4.76. The predicted molar refractivity (Wildman–Crippen MR) is 124 cm³/mol. The van der Waals surface area contributed by atoms with Crippen molar-refractivity contribution in [2.75, 3.05) is 14.2 Å². The van der Waals surface area contributed by atoms with Crippen molar-refractivity contribution in [2.24, 2.45) is 10.7 Å². The van der Waals surface area contributed by atoms with Crippen LogP contribution in [0.5, 0.6) is 5.75 Å². The summed E-state index contributed by atoms with van der Waals surface area (Å²) in [7, 11) is 3.22. The van der Waals surface area contributed by atoms with E-state index in [1.807, 2.05) is 0 Å². The first-order valence-corrected chi connectivity index (χ1v) is 11.1. The van der Waals surface area contributed by atoms with E-state index in [1.54, 1.807) is 25.2 Å². The van der Waals surface area contributed by atoms with E-state index in [0.29, 0.717) is 46.9 Å². The molecule has 0 saturated carbocycles. The number of amidine groups is 1. The summed E-state index contributed by atoms with van der Waals surface area (Å²) in [6, 6.07) is 7.38. The molecule has 4 N–H and O–H groups in total. The molecule has 1 aromatic heterocycles. The van der Waals surface area contributed by atoms with Crippen LogP contribution in [0.15, 0.2) is 52.9 Å². The fourth-order valence-electron chi connectivity index (χ4n) is 4.64. The van der Waals surface area contributed by atoms with E-state index < -0.39 is 29.2 Å². The molecule has 0 amide bonds. The summed E-state index contributed by atoms with van der Waals surface area (Å²) in [5, 5.41) is 10.8.